The minimum Gasteiger partial charge on any atom is -0.347 e. The van der Waals surface area contributed by atoms with Crippen LogP contribution in [0.2, 0.25) is 0 Å². The number of nitrogens with zero attached hydrogens (tertiary/aromatic N) is 2. The lowest BCUT2D eigenvalue weighted by Crippen LogP contribution is -2.39. The first kappa shape index (κ1) is 16.6. The molecule has 0 fully saturated rings. The maximum absolute atomic E-state index is 13.7. The molecule has 26 heavy (non-hydrogen) atoms. The maximum Gasteiger partial charge on any atom is 0.322 e. The van der Waals surface area contributed by atoms with Crippen molar-refractivity contribution in [2.75, 3.05) is 11.9 Å². The molecule has 1 aromatic heterocycles. The molecule has 3 aromatic rings. The van der Waals surface area contributed by atoms with E-state index in [2.05, 4.69) is 16.8 Å². The Balaban J connectivity index is 1.57. The van der Waals surface area contributed by atoms with E-state index in [-0.39, 0.29) is 11.8 Å². The minimum absolute atomic E-state index is 0.117. The van der Waals surface area contributed by atoms with E-state index in [4.69, 9.17) is 0 Å². The molecule has 1 N–H and O–H groups in total. The lowest BCUT2D eigenvalue weighted by molar-refractivity contribution is 0.206. The summed E-state index contributed by atoms with van der Waals surface area (Å²) in [5, 5.41) is 3.86. The molecule has 0 unspecified atom stereocenters. The van der Waals surface area contributed by atoms with Crippen molar-refractivity contribution in [3.63, 3.8) is 0 Å². The molecule has 134 valence electrons. The number of amides is 2. The van der Waals surface area contributed by atoms with Crippen LogP contribution in [0, 0.1) is 5.82 Å². The Morgan fingerprint density at radius 2 is 1.96 bits per heavy atom. The number of halogens is 1. The van der Waals surface area contributed by atoms with Crippen LogP contribution in [0.5, 0.6) is 0 Å². The maximum atomic E-state index is 13.7. The van der Waals surface area contributed by atoms with Crippen molar-refractivity contribution >= 4 is 22.6 Å². The van der Waals surface area contributed by atoms with Crippen LogP contribution in [0.3, 0.4) is 0 Å². The number of hydrogen-bond acceptors (Lipinski definition) is 1. The Labute approximate surface area is 152 Å². The van der Waals surface area contributed by atoms with Crippen molar-refractivity contribution in [2.24, 2.45) is 7.05 Å². The number of rotatable bonds is 2. The molecule has 0 radical (unpaired) electrons. The number of aromatic nitrogens is 1. The second-order valence-electron chi connectivity index (χ2n) is 6.80. The summed E-state index contributed by atoms with van der Waals surface area (Å²) >= 11 is 0. The molecule has 4 rings (SSSR count). The molecule has 2 amide bonds. The molecule has 0 aliphatic carbocycles. The van der Waals surface area contributed by atoms with Crippen LogP contribution in [-0.4, -0.2) is 22.0 Å². The summed E-state index contributed by atoms with van der Waals surface area (Å²) in [7, 11) is 2.00. The third-order valence-corrected chi connectivity index (χ3v) is 5.27. The second kappa shape index (κ2) is 6.48. The van der Waals surface area contributed by atoms with Gasteiger partial charge in [-0.25, -0.2) is 9.18 Å². The highest BCUT2D eigenvalue weighted by atomic mass is 19.1. The molecule has 1 aliphatic rings. The van der Waals surface area contributed by atoms with E-state index in [0.717, 1.165) is 35.0 Å². The lowest BCUT2D eigenvalue weighted by Gasteiger charge is -2.28. The number of fused-ring (bicyclic) bond motifs is 3. The molecule has 0 saturated heterocycles. The summed E-state index contributed by atoms with van der Waals surface area (Å²) in [6.07, 6.45) is 1.74. The first-order valence-corrected chi connectivity index (χ1v) is 8.97. The van der Waals surface area contributed by atoms with Gasteiger partial charge >= 0.3 is 6.03 Å². The highest BCUT2D eigenvalue weighted by Crippen LogP contribution is 2.31. The van der Waals surface area contributed by atoms with E-state index in [1.54, 1.807) is 11.0 Å². The number of urea groups is 1. The van der Waals surface area contributed by atoms with Gasteiger partial charge in [-0.2, -0.15) is 0 Å². The number of hydrogen-bond donors (Lipinski definition) is 1. The van der Waals surface area contributed by atoms with Crippen molar-refractivity contribution in [1.29, 1.82) is 0 Å². The van der Waals surface area contributed by atoms with Crippen LogP contribution >= 0.6 is 0 Å². The quantitative estimate of drug-likeness (QED) is 0.727. The van der Waals surface area contributed by atoms with E-state index in [1.807, 2.05) is 37.4 Å². The van der Waals surface area contributed by atoms with Crippen molar-refractivity contribution in [3.05, 3.63) is 65.1 Å². The molecule has 4 nitrogen and oxygen atoms in total. The Morgan fingerprint density at radius 3 is 2.69 bits per heavy atom. The van der Waals surface area contributed by atoms with Crippen molar-refractivity contribution in [3.8, 4) is 0 Å². The third-order valence-electron chi connectivity index (χ3n) is 5.27. The van der Waals surface area contributed by atoms with Gasteiger partial charge in [0.25, 0.3) is 0 Å². The number of benzene rings is 2. The largest absolute Gasteiger partial charge is 0.347 e. The Morgan fingerprint density at radius 1 is 1.19 bits per heavy atom. The van der Waals surface area contributed by atoms with Gasteiger partial charge in [0.15, 0.2) is 0 Å². The zero-order valence-electron chi connectivity index (χ0n) is 15.1. The minimum atomic E-state index is -0.247. The average Bonchev–Trinajstić information content (AvgIpc) is 2.93. The Hall–Kier alpha value is -2.82. The topological polar surface area (TPSA) is 37.3 Å². The molecule has 0 saturated carbocycles. The second-order valence-corrected chi connectivity index (χ2v) is 6.80. The number of anilines is 1. The lowest BCUT2D eigenvalue weighted by atomic mass is 10.0. The first-order chi connectivity index (χ1) is 12.6. The first-order valence-electron chi connectivity index (χ1n) is 8.97. The molecule has 1 aliphatic heterocycles. The van der Waals surface area contributed by atoms with Gasteiger partial charge < -0.3 is 14.8 Å². The van der Waals surface area contributed by atoms with E-state index < -0.39 is 0 Å². The van der Waals surface area contributed by atoms with Crippen LogP contribution < -0.4 is 5.32 Å². The van der Waals surface area contributed by atoms with Gasteiger partial charge in [-0.1, -0.05) is 19.1 Å². The predicted molar refractivity (Wildman–Crippen MR) is 102 cm³/mol. The molecule has 2 heterocycles. The fourth-order valence-corrected chi connectivity index (χ4v) is 3.75. The smallest absolute Gasteiger partial charge is 0.322 e. The average molecular weight is 351 g/mol. The van der Waals surface area contributed by atoms with Crippen molar-refractivity contribution in [1.82, 2.24) is 9.47 Å². The van der Waals surface area contributed by atoms with Gasteiger partial charge in [0, 0.05) is 54.4 Å². The fraction of sp³-hybridized carbons (Fsp3) is 0.286. The van der Waals surface area contributed by atoms with Gasteiger partial charge in [-0.05, 0) is 42.3 Å². The Bertz CT molecular complexity index is 975. The van der Waals surface area contributed by atoms with Crippen molar-refractivity contribution in [2.45, 2.75) is 26.3 Å². The molecule has 5 heteroatoms. The summed E-state index contributed by atoms with van der Waals surface area (Å²) in [4.78, 5) is 14.5. The predicted octanol–water partition coefficient (Wildman–Crippen LogP) is 4.47. The van der Waals surface area contributed by atoms with E-state index >= 15 is 0 Å². The third kappa shape index (κ3) is 2.83. The molecule has 0 atom stereocenters. The van der Waals surface area contributed by atoms with E-state index in [1.165, 1.54) is 17.3 Å². The van der Waals surface area contributed by atoms with E-state index in [9.17, 15) is 9.18 Å². The number of carbonyl (C=O) groups is 1. The molecule has 0 bridgehead atoms. The van der Waals surface area contributed by atoms with Gasteiger partial charge in [0.05, 0.1) is 0 Å². The zero-order chi connectivity index (χ0) is 18.3. The highest BCUT2D eigenvalue weighted by molar-refractivity contribution is 5.91. The van der Waals surface area contributed by atoms with Crippen LogP contribution in [-0.2, 0) is 26.4 Å². The summed E-state index contributed by atoms with van der Waals surface area (Å²) in [5.41, 5.74) is 5.27. The van der Waals surface area contributed by atoms with Crippen LogP contribution in [0.15, 0.2) is 42.5 Å². The fourth-order valence-electron chi connectivity index (χ4n) is 3.75. The standard InChI is InChI=1S/C21H22FN3O/c1-3-14-4-7-16(8-5-14)23-21(26)25-11-10-20-18(13-25)17-12-15(22)6-9-19(17)24(20)2/h4-9,12H,3,10-11,13H2,1-2H3,(H,23,26). The van der Waals surface area contributed by atoms with Crippen LogP contribution in [0.25, 0.3) is 10.9 Å². The summed E-state index contributed by atoms with van der Waals surface area (Å²) in [6.45, 7) is 3.25. The molecular formula is C21H22FN3O. The number of nitrogens with one attached hydrogen (secondary N) is 1. The SMILES string of the molecule is CCc1ccc(NC(=O)N2CCc3c(c4cc(F)ccc4n3C)C2)cc1. The van der Waals surface area contributed by atoms with Crippen molar-refractivity contribution < 1.29 is 9.18 Å². The molecular weight excluding hydrogens is 329 g/mol. The van der Waals surface area contributed by atoms with Gasteiger partial charge in [0.1, 0.15) is 5.82 Å². The van der Waals surface area contributed by atoms with Crippen LogP contribution in [0.4, 0.5) is 14.9 Å². The van der Waals surface area contributed by atoms with Crippen LogP contribution in [0.1, 0.15) is 23.7 Å². The summed E-state index contributed by atoms with van der Waals surface area (Å²) in [6, 6.07) is 12.7. The monoisotopic (exact) mass is 351 g/mol. The molecule has 2 aromatic carbocycles. The Kier molecular flexibility index (Phi) is 4.15. The normalized spacial score (nSPS) is 13.7. The highest BCUT2D eigenvalue weighted by Gasteiger charge is 2.26. The number of carbonyl (C=O) groups excluding carboxylic acids is 1. The van der Waals surface area contributed by atoms with Gasteiger partial charge in [-0.3, -0.25) is 0 Å². The molecule has 0 spiro atoms. The summed E-state index contributed by atoms with van der Waals surface area (Å²) < 4.78 is 15.8. The van der Waals surface area contributed by atoms with Gasteiger partial charge in [0.2, 0.25) is 0 Å². The van der Waals surface area contributed by atoms with Gasteiger partial charge in [-0.15, -0.1) is 0 Å². The zero-order valence-corrected chi connectivity index (χ0v) is 15.1. The summed E-state index contributed by atoms with van der Waals surface area (Å²) in [5.74, 6) is -0.247. The van der Waals surface area contributed by atoms with E-state index in [0.29, 0.717) is 13.1 Å². The number of aryl methyl sites for hydroxylation is 2.